The van der Waals surface area contributed by atoms with Gasteiger partial charge in [0.05, 0.1) is 0 Å². The summed E-state index contributed by atoms with van der Waals surface area (Å²) in [4.78, 5) is 15.3. The van der Waals surface area contributed by atoms with Gasteiger partial charge in [-0.15, -0.1) is 0 Å². The van der Waals surface area contributed by atoms with Gasteiger partial charge in [-0.05, 0) is 44.4 Å². The van der Waals surface area contributed by atoms with Crippen molar-refractivity contribution in [3.8, 4) is 0 Å². The van der Waals surface area contributed by atoms with Crippen molar-refractivity contribution in [2.45, 2.75) is 39.2 Å². The van der Waals surface area contributed by atoms with Gasteiger partial charge >= 0.3 is 0 Å². The van der Waals surface area contributed by atoms with Crippen LogP contribution in [0.1, 0.15) is 32.3 Å². The Balaban J connectivity index is 2.19. The Kier molecular flexibility index (Phi) is 4.81. The highest BCUT2D eigenvalue weighted by Gasteiger charge is 2.02. The molecule has 0 aliphatic heterocycles. The third-order valence-electron chi connectivity index (χ3n) is 2.07. The van der Waals surface area contributed by atoms with Gasteiger partial charge in [-0.3, -0.25) is 9.78 Å². The smallest absolute Gasteiger partial charge is 0.220 e. The number of carbonyl (C=O) groups excluding carboxylic acids is 1. The van der Waals surface area contributed by atoms with E-state index >= 15 is 0 Å². The standard InChI is InChI=1S/C12H18N2O/c1-10(2)14-12(15)5-3-4-11-6-8-13-9-7-11/h6-10H,3-5H2,1-2H3,(H,14,15). The average molecular weight is 206 g/mol. The molecule has 1 amide bonds. The lowest BCUT2D eigenvalue weighted by Gasteiger charge is -2.07. The highest BCUT2D eigenvalue weighted by molar-refractivity contribution is 5.76. The number of aromatic nitrogens is 1. The number of hydrogen-bond acceptors (Lipinski definition) is 2. The molecule has 1 heterocycles. The highest BCUT2D eigenvalue weighted by Crippen LogP contribution is 2.03. The second-order valence-electron chi connectivity index (χ2n) is 3.93. The second kappa shape index (κ2) is 6.17. The molecular formula is C12H18N2O. The van der Waals surface area contributed by atoms with E-state index in [4.69, 9.17) is 0 Å². The van der Waals surface area contributed by atoms with Crippen molar-refractivity contribution in [3.63, 3.8) is 0 Å². The van der Waals surface area contributed by atoms with Crippen LogP contribution in [0.3, 0.4) is 0 Å². The van der Waals surface area contributed by atoms with Crippen LogP contribution in [-0.4, -0.2) is 16.9 Å². The number of rotatable bonds is 5. The van der Waals surface area contributed by atoms with Gasteiger partial charge in [0.2, 0.25) is 5.91 Å². The molecule has 82 valence electrons. The molecule has 0 aliphatic rings. The fourth-order valence-corrected chi connectivity index (χ4v) is 1.40. The molecule has 0 fully saturated rings. The molecule has 0 bridgehead atoms. The zero-order valence-corrected chi connectivity index (χ0v) is 9.36. The number of nitrogens with one attached hydrogen (secondary N) is 1. The summed E-state index contributed by atoms with van der Waals surface area (Å²) < 4.78 is 0. The van der Waals surface area contributed by atoms with E-state index in [9.17, 15) is 4.79 Å². The lowest BCUT2D eigenvalue weighted by Crippen LogP contribution is -2.29. The van der Waals surface area contributed by atoms with Crippen molar-refractivity contribution in [2.75, 3.05) is 0 Å². The van der Waals surface area contributed by atoms with Crippen LogP contribution in [-0.2, 0) is 11.2 Å². The molecule has 0 atom stereocenters. The predicted octanol–water partition coefficient (Wildman–Crippen LogP) is 1.93. The largest absolute Gasteiger partial charge is 0.354 e. The molecule has 1 aromatic rings. The predicted molar refractivity (Wildman–Crippen MR) is 60.5 cm³/mol. The monoisotopic (exact) mass is 206 g/mol. The van der Waals surface area contributed by atoms with E-state index in [1.807, 2.05) is 26.0 Å². The Labute approximate surface area is 90.9 Å². The van der Waals surface area contributed by atoms with Crippen molar-refractivity contribution < 1.29 is 4.79 Å². The van der Waals surface area contributed by atoms with E-state index in [2.05, 4.69) is 10.3 Å². The normalized spacial score (nSPS) is 10.3. The number of carbonyl (C=O) groups is 1. The van der Waals surface area contributed by atoms with Crippen LogP contribution in [0.2, 0.25) is 0 Å². The lowest BCUT2D eigenvalue weighted by molar-refractivity contribution is -0.121. The number of hydrogen-bond donors (Lipinski definition) is 1. The summed E-state index contributed by atoms with van der Waals surface area (Å²) in [5.41, 5.74) is 1.24. The van der Waals surface area contributed by atoms with Gasteiger partial charge < -0.3 is 5.32 Å². The summed E-state index contributed by atoms with van der Waals surface area (Å²) in [6, 6.07) is 4.21. The Morgan fingerprint density at radius 2 is 2.07 bits per heavy atom. The minimum Gasteiger partial charge on any atom is -0.354 e. The van der Waals surface area contributed by atoms with Crippen LogP contribution >= 0.6 is 0 Å². The molecule has 3 nitrogen and oxygen atoms in total. The summed E-state index contributed by atoms with van der Waals surface area (Å²) in [5, 5.41) is 2.88. The molecule has 1 rings (SSSR count). The summed E-state index contributed by atoms with van der Waals surface area (Å²) in [5.74, 6) is 0.138. The number of pyridine rings is 1. The molecule has 15 heavy (non-hydrogen) atoms. The topological polar surface area (TPSA) is 42.0 Å². The number of nitrogens with zero attached hydrogens (tertiary/aromatic N) is 1. The highest BCUT2D eigenvalue weighted by atomic mass is 16.1. The Bertz CT molecular complexity index is 296. The minimum absolute atomic E-state index is 0.138. The van der Waals surface area contributed by atoms with Gasteiger partial charge in [-0.1, -0.05) is 0 Å². The van der Waals surface area contributed by atoms with Gasteiger partial charge in [0.25, 0.3) is 0 Å². The third-order valence-corrected chi connectivity index (χ3v) is 2.07. The lowest BCUT2D eigenvalue weighted by atomic mass is 10.1. The maximum atomic E-state index is 11.3. The molecule has 3 heteroatoms. The fraction of sp³-hybridized carbons (Fsp3) is 0.500. The summed E-state index contributed by atoms with van der Waals surface area (Å²) in [6.07, 6.45) is 5.99. The van der Waals surface area contributed by atoms with E-state index < -0.39 is 0 Å². The van der Waals surface area contributed by atoms with Gasteiger partial charge in [0.15, 0.2) is 0 Å². The molecule has 1 N–H and O–H groups in total. The van der Waals surface area contributed by atoms with E-state index in [0.717, 1.165) is 12.8 Å². The molecule has 1 aromatic heterocycles. The van der Waals surface area contributed by atoms with E-state index in [0.29, 0.717) is 6.42 Å². The van der Waals surface area contributed by atoms with Crippen LogP contribution in [0.5, 0.6) is 0 Å². The molecular weight excluding hydrogens is 188 g/mol. The first kappa shape index (κ1) is 11.7. The second-order valence-corrected chi connectivity index (χ2v) is 3.93. The van der Waals surface area contributed by atoms with Crippen LogP contribution in [0.15, 0.2) is 24.5 Å². The first-order valence-electron chi connectivity index (χ1n) is 5.37. The average Bonchev–Trinajstić information content (AvgIpc) is 2.18. The fourth-order valence-electron chi connectivity index (χ4n) is 1.40. The van der Waals surface area contributed by atoms with Gasteiger partial charge in [0.1, 0.15) is 0 Å². The minimum atomic E-state index is 0.138. The van der Waals surface area contributed by atoms with E-state index in [1.165, 1.54) is 5.56 Å². The SMILES string of the molecule is CC(C)NC(=O)CCCc1ccncc1. The van der Waals surface area contributed by atoms with Crippen molar-refractivity contribution in [1.29, 1.82) is 0 Å². The zero-order chi connectivity index (χ0) is 11.1. The number of aryl methyl sites for hydroxylation is 1. The van der Waals surface area contributed by atoms with E-state index in [-0.39, 0.29) is 11.9 Å². The molecule has 0 aromatic carbocycles. The quantitative estimate of drug-likeness (QED) is 0.799. The Hall–Kier alpha value is -1.38. The summed E-state index contributed by atoms with van der Waals surface area (Å²) in [6.45, 7) is 3.95. The van der Waals surface area contributed by atoms with E-state index in [1.54, 1.807) is 12.4 Å². The molecule has 0 radical (unpaired) electrons. The first-order valence-corrected chi connectivity index (χ1v) is 5.37. The van der Waals surface area contributed by atoms with Crippen molar-refractivity contribution in [2.24, 2.45) is 0 Å². The maximum Gasteiger partial charge on any atom is 0.220 e. The van der Waals surface area contributed by atoms with Gasteiger partial charge in [-0.25, -0.2) is 0 Å². The van der Waals surface area contributed by atoms with Crippen LogP contribution < -0.4 is 5.32 Å². The van der Waals surface area contributed by atoms with Crippen LogP contribution in [0.25, 0.3) is 0 Å². The first-order chi connectivity index (χ1) is 7.18. The molecule has 0 spiro atoms. The number of amides is 1. The van der Waals surface area contributed by atoms with Gasteiger partial charge in [-0.2, -0.15) is 0 Å². The van der Waals surface area contributed by atoms with Crippen molar-refractivity contribution in [3.05, 3.63) is 30.1 Å². The molecule has 0 aliphatic carbocycles. The maximum absolute atomic E-state index is 11.3. The Morgan fingerprint density at radius 3 is 2.67 bits per heavy atom. The third kappa shape index (κ3) is 5.15. The molecule has 0 unspecified atom stereocenters. The summed E-state index contributed by atoms with van der Waals surface area (Å²) in [7, 11) is 0. The van der Waals surface area contributed by atoms with Crippen molar-refractivity contribution >= 4 is 5.91 Å². The zero-order valence-electron chi connectivity index (χ0n) is 9.36. The van der Waals surface area contributed by atoms with Crippen LogP contribution in [0, 0.1) is 0 Å². The molecule has 0 saturated heterocycles. The van der Waals surface area contributed by atoms with Crippen molar-refractivity contribution in [1.82, 2.24) is 10.3 Å². The van der Waals surface area contributed by atoms with Gasteiger partial charge in [0, 0.05) is 24.9 Å². The Morgan fingerprint density at radius 1 is 1.40 bits per heavy atom. The van der Waals surface area contributed by atoms with Crippen LogP contribution in [0.4, 0.5) is 0 Å². The summed E-state index contributed by atoms with van der Waals surface area (Å²) >= 11 is 0. The molecule has 0 saturated carbocycles.